The molecule has 3 aromatic rings. The first kappa shape index (κ1) is 29.9. The molecule has 0 bridgehead atoms. The van der Waals surface area contributed by atoms with Crippen LogP contribution in [-0.2, 0) is 26.2 Å². The largest absolute Gasteiger partial charge is 0.352 e. The third-order valence-electron chi connectivity index (χ3n) is 6.95. The monoisotopic (exact) mass is 549 g/mol. The van der Waals surface area contributed by atoms with E-state index in [1.54, 1.807) is 49.4 Å². The van der Waals surface area contributed by atoms with Gasteiger partial charge in [0.15, 0.2) is 0 Å². The van der Waals surface area contributed by atoms with Crippen molar-refractivity contribution in [2.24, 2.45) is 0 Å². The number of benzene rings is 3. The van der Waals surface area contributed by atoms with Gasteiger partial charge in [-0.15, -0.1) is 0 Å². The lowest BCUT2D eigenvalue weighted by Gasteiger charge is -2.33. The second-order valence-electron chi connectivity index (χ2n) is 10.1. The zero-order valence-electron chi connectivity index (χ0n) is 23.6. The Kier molecular flexibility index (Phi) is 9.92. The van der Waals surface area contributed by atoms with E-state index < -0.39 is 28.5 Å². The van der Waals surface area contributed by atoms with Gasteiger partial charge in [-0.2, -0.15) is 0 Å². The molecule has 208 valence electrons. The highest BCUT2D eigenvalue weighted by atomic mass is 32.2. The summed E-state index contributed by atoms with van der Waals surface area (Å²) in [6.45, 7) is 11.0. The van der Waals surface area contributed by atoms with Gasteiger partial charge in [-0.1, -0.05) is 61.0 Å². The Morgan fingerprint density at radius 2 is 1.54 bits per heavy atom. The van der Waals surface area contributed by atoms with E-state index in [4.69, 9.17) is 0 Å². The molecule has 0 aliphatic heterocycles. The van der Waals surface area contributed by atoms with Crippen molar-refractivity contribution in [2.75, 3.05) is 10.8 Å². The maximum absolute atomic E-state index is 14.0. The number of anilines is 1. The molecule has 3 rings (SSSR count). The Bertz CT molecular complexity index is 1400. The number of carbonyl (C=O) groups excluding carboxylic acids is 2. The Morgan fingerprint density at radius 3 is 2.15 bits per heavy atom. The first-order valence-electron chi connectivity index (χ1n) is 13.2. The highest BCUT2D eigenvalue weighted by molar-refractivity contribution is 7.92. The van der Waals surface area contributed by atoms with Crippen molar-refractivity contribution in [3.8, 4) is 0 Å². The molecular formula is C31H39N3O4S. The van der Waals surface area contributed by atoms with Gasteiger partial charge in [0.1, 0.15) is 12.6 Å². The first-order valence-corrected chi connectivity index (χ1v) is 14.7. The van der Waals surface area contributed by atoms with E-state index in [1.165, 1.54) is 4.90 Å². The lowest BCUT2D eigenvalue weighted by molar-refractivity contribution is -0.139. The van der Waals surface area contributed by atoms with E-state index >= 15 is 0 Å². The lowest BCUT2D eigenvalue weighted by atomic mass is 10.1. The minimum absolute atomic E-state index is 0.0546. The van der Waals surface area contributed by atoms with E-state index in [2.05, 4.69) is 5.32 Å². The topological polar surface area (TPSA) is 86.8 Å². The van der Waals surface area contributed by atoms with Crippen molar-refractivity contribution in [3.05, 3.63) is 95.1 Å². The molecule has 0 aromatic heterocycles. The molecule has 0 heterocycles. The summed E-state index contributed by atoms with van der Waals surface area (Å²) in [7, 11) is -4.08. The molecule has 0 aliphatic carbocycles. The second-order valence-corrected chi connectivity index (χ2v) is 12.0. The third-order valence-corrected chi connectivity index (χ3v) is 8.74. The summed E-state index contributed by atoms with van der Waals surface area (Å²) in [5.41, 5.74) is 4.04. The van der Waals surface area contributed by atoms with E-state index in [0.717, 1.165) is 33.0 Å². The SMILES string of the molecule is CC[C@@H](C)NC(=O)[C@@H](C)N(Cc1ccccc1C)C(=O)CN(c1cccc(C)c1)S(=O)(=O)c1ccc(C)cc1. The minimum Gasteiger partial charge on any atom is -0.352 e. The van der Waals surface area contributed by atoms with Gasteiger partial charge < -0.3 is 10.2 Å². The Balaban J connectivity index is 2.04. The van der Waals surface area contributed by atoms with Crippen molar-refractivity contribution < 1.29 is 18.0 Å². The molecule has 0 saturated heterocycles. The first-order chi connectivity index (χ1) is 18.4. The minimum atomic E-state index is -4.08. The summed E-state index contributed by atoms with van der Waals surface area (Å²) in [4.78, 5) is 28.7. The predicted molar refractivity (Wildman–Crippen MR) is 156 cm³/mol. The number of nitrogens with one attached hydrogen (secondary N) is 1. The highest BCUT2D eigenvalue weighted by Crippen LogP contribution is 2.26. The molecule has 0 saturated carbocycles. The highest BCUT2D eigenvalue weighted by Gasteiger charge is 2.33. The molecule has 0 fully saturated rings. The molecule has 2 atom stereocenters. The van der Waals surface area contributed by atoms with Crippen LogP contribution >= 0.6 is 0 Å². The quantitative estimate of drug-likeness (QED) is 0.359. The summed E-state index contributed by atoms with van der Waals surface area (Å²) >= 11 is 0. The molecular weight excluding hydrogens is 510 g/mol. The van der Waals surface area contributed by atoms with E-state index in [9.17, 15) is 18.0 Å². The van der Waals surface area contributed by atoms with Crippen LogP contribution in [0.3, 0.4) is 0 Å². The average molecular weight is 550 g/mol. The van der Waals surface area contributed by atoms with Gasteiger partial charge in [0, 0.05) is 12.6 Å². The molecule has 1 N–H and O–H groups in total. The van der Waals surface area contributed by atoms with Crippen LogP contribution in [0.1, 0.15) is 49.4 Å². The molecule has 7 nitrogen and oxygen atoms in total. The average Bonchev–Trinajstić information content (AvgIpc) is 2.90. The van der Waals surface area contributed by atoms with Gasteiger partial charge in [0.05, 0.1) is 10.6 Å². The Hall–Kier alpha value is -3.65. The van der Waals surface area contributed by atoms with Gasteiger partial charge in [-0.25, -0.2) is 8.42 Å². The number of carbonyl (C=O) groups is 2. The van der Waals surface area contributed by atoms with Gasteiger partial charge in [0.2, 0.25) is 11.8 Å². The molecule has 0 aliphatic rings. The molecule has 2 amide bonds. The van der Waals surface area contributed by atoms with E-state index in [0.29, 0.717) is 5.69 Å². The van der Waals surface area contributed by atoms with Crippen molar-refractivity contribution in [2.45, 2.75) is 71.5 Å². The predicted octanol–water partition coefficient (Wildman–Crippen LogP) is 5.14. The van der Waals surface area contributed by atoms with E-state index in [1.807, 2.05) is 65.0 Å². The van der Waals surface area contributed by atoms with Crippen molar-refractivity contribution in [1.82, 2.24) is 10.2 Å². The standard InChI is InChI=1S/C31H39N3O4S/c1-7-25(5)32-31(36)26(6)33(20-27-13-9-8-12-24(27)4)30(35)21-34(28-14-10-11-23(3)19-28)39(37,38)29-17-15-22(2)16-18-29/h8-19,25-26H,7,20-21H2,1-6H3,(H,32,36)/t25-,26-/m1/s1. The zero-order valence-corrected chi connectivity index (χ0v) is 24.5. The maximum Gasteiger partial charge on any atom is 0.264 e. The van der Waals surface area contributed by atoms with Crippen LogP contribution in [0.25, 0.3) is 0 Å². The van der Waals surface area contributed by atoms with Crippen LogP contribution in [0.5, 0.6) is 0 Å². The van der Waals surface area contributed by atoms with Crippen molar-refractivity contribution >= 4 is 27.5 Å². The summed E-state index contributed by atoms with van der Waals surface area (Å²) in [6.07, 6.45) is 0.750. The Labute approximate surface area is 232 Å². The number of aryl methyl sites for hydroxylation is 3. The second kappa shape index (κ2) is 12.9. The lowest BCUT2D eigenvalue weighted by Crippen LogP contribution is -2.52. The smallest absolute Gasteiger partial charge is 0.264 e. The normalized spacial score (nSPS) is 12.9. The number of hydrogen-bond acceptors (Lipinski definition) is 4. The number of sulfonamides is 1. The molecule has 8 heteroatoms. The fourth-order valence-electron chi connectivity index (χ4n) is 4.17. The zero-order chi connectivity index (χ0) is 28.7. The number of nitrogens with zero attached hydrogens (tertiary/aromatic N) is 2. The summed E-state index contributed by atoms with van der Waals surface area (Å²) in [5.74, 6) is -0.753. The number of amides is 2. The fourth-order valence-corrected chi connectivity index (χ4v) is 5.57. The van der Waals surface area contributed by atoms with E-state index in [-0.39, 0.29) is 23.4 Å². The molecule has 0 radical (unpaired) electrons. The van der Waals surface area contributed by atoms with Gasteiger partial charge in [-0.05, 0) is 82.0 Å². The molecule has 0 unspecified atom stereocenters. The maximum atomic E-state index is 14.0. The molecule has 39 heavy (non-hydrogen) atoms. The number of hydrogen-bond donors (Lipinski definition) is 1. The van der Waals surface area contributed by atoms with Crippen LogP contribution in [0.15, 0.2) is 77.7 Å². The van der Waals surface area contributed by atoms with Crippen LogP contribution in [0, 0.1) is 20.8 Å². The van der Waals surface area contributed by atoms with Gasteiger partial charge >= 0.3 is 0 Å². The number of rotatable bonds is 11. The van der Waals surface area contributed by atoms with Gasteiger partial charge in [0.25, 0.3) is 10.0 Å². The van der Waals surface area contributed by atoms with Gasteiger partial charge in [-0.3, -0.25) is 13.9 Å². The van der Waals surface area contributed by atoms with Crippen LogP contribution < -0.4 is 9.62 Å². The third kappa shape index (κ3) is 7.47. The summed E-state index contributed by atoms with van der Waals surface area (Å²) in [5, 5.41) is 2.95. The fraction of sp³-hybridized carbons (Fsp3) is 0.355. The van der Waals surface area contributed by atoms with Crippen LogP contribution in [-0.4, -0.2) is 43.8 Å². The Morgan fingerprint density at radius 1 is 0.872 bits per heavy atom. The molecule has 0 spiro atoms. The van der Waals surface area contributed by atoms with Crippen molar-refractivity contribution in [1.29, 1.82) is 0 Å². The summed E-state index contributed by atoms with van der Waals surface area (Å²) in [6, 6.07) is 20.4. The van der Waals surface area contributed by atoms with Crippen LogP contribution in [0.4, 0.5) is 5.69 Å². The molecule has 3 aromatic carbocycles. The summed E-state index contributed by atoms with van der Waals surface area (Å²) < 4.78 is 28.9. The van der Waals surface area contributed by atoms with Crippen molar-refractivity contribution in [3.63, 3.8) is 0 Å². The van der Waals surface area contributed by atoms with Crippen LogP contribution in [0.2, 0.25) is 0 Å².